The van der Waals surface area contributed by atoms with Crippen molar-refractivity contribution in [2.45, 2.75) is 157 Å². The van der Waals surface area contributed by atoms with Gasteiger partial charge >= 0.3 is 0 Å². The molecule has 3 aromatic heterocycles. The van der Waals surface area contributed by atoms with Gasteiger partial charge in [-0.3, -0.25) is 4.57 Å². The van der Waals surface area contributed by atoms with Crippen LogP contribution in [0.3, 0.4) is 0 Å². The zero-order valence-corrected chi connectivity index (χ0v) is 52.4. The van der Waals surface area contributed by atoms with E-state index in [0.29, 0.717) is 11.5 Å². The van der Waals surface area contributed by atoms with Crippen LogP contribution >= 0.6 is 0 Å². The van der Waals surface area contributed by atoms with Crippen LogP contribution in [0.25, 0.3) is 71.8 Å². The molecule has 6 nitrogen and oxygen atoms in total. The van der Waals surface area contributed by atoms with Gasteiger partial charge in [-0.2, -0.15) is 0 Å². The van der Waals surface area contributed by atoms with Gasteiger partial charge in [0.2, 0.25) is 0 Å². The van der Waals surface area contributed by atoms with Crippen molar-refractivity contribution < 1.29 is 9.15 Å². The fourth-order valence-electron chi connectivity index (χ4n) is 11.3. The highest BCUT2D eigenvalue weighted by atomic mass is 16.5. The number of para-hydroxylation sites is 3. The van der Waals surface area contributed by atoms with E-state index in [0.717, 1.165) is 72.3 Å². The number of benzene rings is 8. The van der Waals surface area contributed by atoms with Gasteiger partial charge in [-0.05, 0) is 156 Å². The summed E-state index contributed by atoms with van der Waals surface area (Å²) in [6.45, 7) is 41.6. The van der Waals surface area contributed by atoms with Gasteiger partial charge in [0, 0.05) is 51.3 Å². The van der Waals surface area contributed by atoms with Gasteiger partial charge in [-0.15, -0.1) is 0 Å². The van der Waals surface area contributed by atoms with E-state index in [1.807, 2.05) is 24.4 Å². The minimum atomic E-state index is -0.140. The molecule has 0 atom stereocenters. The highest BCUT2D eigenvalue weighted by Crippen LogP contribution is 2.48. The molecule has 6 heteroatoms. The summed E-state index contributed by atoms with van der Waals surface area (Å²) in [6, 6.07) is 59.7. The van der Waals surface area contributed by atoms with E-state index in [1.54, 1.807) is 0 Å². The summed E-state index contributed by atoms with van der Waals surface area (Å²) in [4.78, 5) is 5.00. The van der Waals surface area contributed by atoms with Crippen molar-refractivity contribution in [3.8, 4) is 39.6 Å². The molecule has 424 valence electrons. The van der Waals surface area contributed by atoms with Crippen LogP contribution in [0.1, 0.15) is 158 Å². The standard InChI is InChI=1S/C77H84N4O2/c1-72(2,3)49-34-35-78-68(44-49)81-65-33-32-59-58-26-19-22-29-67(58)83-71(59)69(65)60-31-30-57(46-66(60)81)82-56-25-23-24-55(45-56)79-63-27-20-21-28-64(63)80-70-61(47-36-50(73(4,5)6)40-51(37-47)74(7,8)9)42-54(77(16,17)18)43-62(70)48-38-52(75(10,11)12)41-53(39-48)76(13,14)15/h19-46,79-80H,1-18H3. The van der Waals surface area contributed by atoms with Crippen molar-refractivity contribution in [2.24, 2.45) is 0 Å². The molecule has 0 bridgehead atoms. The third kappa shape index (κ3) is 11.3. The van der Waals surface area contributed by atoms with Gasteiger partial charge in [0.25, 0.3) is 0 Å². The van der Waals surface area contributed by atoms with Crippen molar-refractivity contribution in [1.82, 2.24) is 9.55 Å². The Balaban J connectivity index is 1.02. The molecule has 0 aliphatic heterocycles. The highest BCUT2D eigenvalue weighted by Gasteiger charge is 2.29. The number of nitrogens with zero attached hydrogens (tertiary/aromatic N) is 2. The number of hydrogen-bond donors (Lipinski definition) is 2. The molecule has 0 aliphatic rings. The summed E-state index contributed by atoms with van der Waals surface area (Å²) in [7, 11) is 0. The average molecular weight is 1100 g/mol. The Kier molecular flexibility index (Phi) is 13.9. The van der Waals surface area contributed by atoms with Crippen molar-refractivity contribution in [3.63, 3.8) is 0 Å². The third-order valence-electron chi connectivity index (χ3n) is 16.6. The Hall–Kier alpha value is -8.09. The molecule has 3 heterocycles. The highest BCUT2D eigenvalue weighted by molar-refractivity contribution is 6.24. The SMILES string of the molecule is CC(C)(C)c1cc(-c2cc(C(C)(C)C)cc(-c3cc(C(C)(C)C)cc(C(C)(C)C)c3)c2Nc2ccccc2Nc2cccc(Oc3ccc4c5c6oc7ccccc7c6ccc5n(-c5cc(C(C)(C)C)ccn5)c4c3)c2)cc(C(C)(C)C)c1. The Morgan fingerprint density at radius 3 is 1.47 bits per heavy atom. The number of anilines is 4. The predicted octanol–water partition coefficient (Wildman–Crippen LogP) is 22.5. The van der Waals surface area contributed by atoms with Crippen LogP contribution in [0.2, 0.25) is 0 Å². The molecule has 11 aromatic rings. The molecule has 0 fully saturated rings. The van der Waals surface area contributed by atoms with Gasteiger partial charge < -0.3 is 19.8 Å². The van der Waals surface area contributed by atoms with E-state index in [2.05, 4.69) is 285 Å². The first-order valence-electron chi connectivity index (χ1n) is 29.7. The zero-order chi connectivity index (χ0) is 59.3. The molecule has 11 rings (SSSR count). The van der Waals surface area contributed by atoms with Crippen LogP contribution in [-0.2, 0) is 32.5 Å². The van der Waals surface area contributed by atoms with Crippen molar-refractivity contribution in [1.29, 1.82) is 0 Å². The molecule has 2 N–H and O–H groups in total. The maximum absolute atomic E-state index is 6.88. The van der Waals surface area contributed by atoms with Crippen LogP contribution in [0.15, 0.2) is 174 Å². The Morgan fingerprint density at radius 1 is 0.398 bits per heavy atom. The van der Waals surface area contributed by atoms with E-state index >= 15 is 0 Å². The summed E-state index contributed by atoms with van der Waals surface area (Å²) in [5.41, 5.74) is 19.6. The van der Waals surface area contributed by atoms with E-state index in [9.17, 15) is 0 Å². The maximum atomic E-state index is 6.88. The van der Waals surface area contributed by atoms with Gasteiger partial charge in [-0.1, -0.05) is 197 Å². The number of aromatic nitrogens is 2. The first-order chi connectivity index (χ1) is 38.9. The second-order valence-electron chi connectivity index (χ2n) is 29.3. The summed E-state index contributed by atoms with van der Waals surface area (Å²) < 4.78 is 15.8. The number of fused-ring (bicyclic) bond motifs is 7. The smallest absolute Gasteiger partial charge is 0.145 e. The lowest BCUT2D eigenvalue weighted by Crippen LogP contribution is -2.17. The second-order valence-corrected chi connectivity index (χ2v) is 29.3. The molecule has 0 spiro atoms. The molecule has 0 aliphatic carbocycles. The summed E-state index contributed by atoms with van der Waals surface area (Å²) in [5.74, 6) is 2.26. The Labute approximate surface area is 493 Å². The Bertz CT molecular complexity index is 4130. The fourth-order valence-corrected chi connectivity index (χ4v) is 11.3. The lowest BCUT2D eigenvalue weighted by Gasteiger charge is -2.30. The third-order valence-corrected chi connectivity index (χ3v) is 16.6. The van der Waals surface area contributed by atoms with E-state index in [1.165, 1.54) is 55.6 Å². The quantitative estimate of drug-likeness (QED) is 0.151. The fraction of sp³-hybridized carbons (Fsp3) is 0.312. The molecule has 83 heavy (non-hydrogen) atoms. The molecular formula is C77H84N4O2. The number of pyridine rings is 1. The van der Waals surface area contributed by atoms with Crippen LogP contribution in [0.5, 0.6) is 11.5 Å². The largest absolute Gasteiger partial charge is 0.457 e. The predicted molar refractivity (Wildman–Crippen MR) is 355 cm³/mol. The maximum Gasteiger partial charge on any atom is 0.145 e. The molecule has 0 saturated carbocycles. The van der Waals surface area contributed by atoms with Crippen LogP contribution < -0.4 is 15.4 Å². The number of ether oxygens (including phenoxy) is 1. The summed E-state index contributed by atoms with van der Waals surface area (Å²) in [5, 5.41) is 12.3. The topological polar surface area (TPSA) is 64.2 Å². The van der Waals surface area contributed by atoms with Gasteiger partial charge in [0.1, 0.15) is 28.5 Å². The molecule has 0 unspecified atom stereocenters. The van der Waals surface area contributed by atoms with E-state index in [4.69, 9.17) is 14.1 Å². The van der Waals surface area contributed by atoms with E-state index < -0.39 is 0 Å². The second kappa shape index (κ2) is 20.4. The van der Waals surface area contributed by atoms with Crippen LogP contribution in [0.4, 0.5) is 22.7 Å². The minimum Gasteiger partial charge on any atom is -0.457 e. The number of nitrogens with one attached hydrogen (secondary N) is 2. The van der Waals surface area contributed by atoms with Crippen LogP contribution in [0, 0.1) is 0 Å². The molecule has 0 saturated heterocycles. The van der Waals surface area contributed by atoms with Crippen molar-refractivity contribution in [2.75, 3.05) is 10.6 Å². The number of rotatable bonds is 9. The first kappa shape index (κ1) is 56.8. The normalized spacial score (nSPS) is 12.9. The minimum absolute atomic E-state index is 0.0693. The van der Waals surface area contributed by atoms with Gasteiger partial charge in [0.05, 0.1) is 33.5 Å². The average Bonchev–Trinajstić information content (AvgIpc) is 3.98. The van der Waals surface area contributed by atoms with E-state index in [-0.39, 0.29) is 32.5 Å². The lowest BCUT2D eigenvalue weighted by molar-refractivity contribution is 0.483. The molecular weight excluding hydrogens is 1010 g/mol. The Morgan fingerprint density at radius 2 is 0.904 bits per heavy atom. The lowest BCUT2D eigenvalue weighted by atomic mass is 9.76. The summed E-state index contributed by atoms with van der Waals surface area (Å²) in [6.07, 6.45) is 1.92. The number of furan rings is 1. The molecule has 8 aromatic carbocycles. The zero-order valence-electron chi connectivity index (χ0n) is 52.4. The van der Waals surface area contributed by atoms with Crippen molar-refractivity contribution in [3.05, 3.63) is 203 Å². The first-order valence-corrected chi connectivity index (χ1v) is 29.7. The van der Waals surface area contributed by atoms with Gasteiger partial charge in [-0.25, -0.2) is 4.98 Å². The van der Waals surface area contributed by atoms with Crippen LogP contribution in [-0.4, -0.2) is 9.55 Å². The molecule has 0 radical (unpaired) electrons. The van der Waals surface area contributed by atoms with Gasteiger partial charge in [0.15, 0.2) is 0 Å². The monoisotopic (exact) mass is 1100 g/mol. The summed E-state index contributed by atoms with van der Waals surface area (Å²) >= 11 is 0. The van der Waals surface area contributed by atoms with Crippen molar-refractivity contribution >= 4 is 66.5 Å². The molecule has 0 amide bonds. The number of hydrogen-bond acceptors (Lipinski definition) is 5.